The van der Waals surface area contributed by atoms with Gasteiger partial charge in [-0.2, -0.15) is 0 Å². The monoisotopic (exact) mass is 178 g/mol. The van der Waals surface area contributed by atoms with Gasteiger partial charge in [0.25, 0.3) is 5.82 Å². The highest BCUT2D eigenvalue weighted by Gasteiger charge is 2.33. The van der Waals surface area contributed by atoms with Gasteiger partial charge < -0.3 is 5.73 Å². The molecule has 0 aromatic carbocycles. The van der Waals surface area contributed by atoms with Crippen molar-refractivity contribution in [2.75, 3.05) is 11.1 Å². The molecule has 13 heavy (non-hydrogen) atoms. The molecule has 2 rings (SSSR count). The predicted molar refractivity (Wildman–Crippen MR) is 48.8 cm³/mol. The van der Waals surface area contributed by atoms with Gasteiger partial charge in [-0.05, 0) is 12.8 Å². The molecule has 1 aliphatic carbocycles. The first kappa shape index (κ1) is 8.04. The SMILES string of the molecule is Nc1cc[nH+]c(NC(=O)C2CC2)c1. The van der Waals surface area contributed by atoms with E-state index in [9.17, 15) is 4.79 Å². The van der Waals surface area contributed by atoms with Crippen molar-refractivity contribution >= 4 is 17.4 Å². The highest BCUT2D eigenvalue weighted by atomic mass is 16.2. The lowest BCUT2D eigenvalue weighted by atomic mass is 10.3. The molecule has 1 heterocycles. The van der Waals surface area contributed by atoms with Crippen LogP contribution in [0, 0.1) is 5.92 Å². The van der Waals surface area contributed by atoms with Gasteiger partial charge >= 0.3 is 5.91 Å². The maximum absolute atomic E-state index is 11.3. The van der Waals surface area contributed by atoms with Crippen LogP contribution in [0.2, 0.25) is 0 Å². The molecule has 1 saturated carbocycles. The van der Waals surface area contributed by atoms with Gasteiger partial charge in [-0.25, -0.2) is 15.1 Å². The highest BCUT2D eigenvalue weighted by molar-refractivity contribution is 5.92. The number of aromatic nitrogens is 1. The molecule has 0 bridgehead atoms. The molecule has 4 heteroatoms. The summed E-state index contributed by atoms with van der Waals surface area (Å²) in [7, 11) is 0. The number of aromatic amines is 1. The summed E-state index contributed by atoms with van der Waals surface area (Å²) < 4.78 is 0. The second-order valence-corrected chi connectivity index (χ2v) is 3.30. The molecule has 1 aromatic rings. The summed E-state index contributed by atoms with van der Waals surface area (Å²) >= 11 is 0. The minimum atomic E-state index is 0.0850. The summed E-state index contributed by atoms with van der Waals surface area (Å²) in [5.74, 6) is 0.966. The first-order chi connectivity index (χ1) is 6.25. The van der Waals surface area contributed by atoms with E-state index in [-0.39, 0.29) is 11.8 Å². The molecule has 1 fully saturated rings. The smallest absolute Gasteiger partial charge is 0.310 e. The number of carbonyl (C=O) groups excluding carboxylic acids is 1. The minimum Gasteiger partial charge on any atom is -0.398 e. The largest absolute Gasteiger partial charge is 0.398 e. The van der Waals surface area contributed by atoms with Crippen molar-refractivity contribution in [3.8, 4) is 0 Å². The molecule has 0 atom stereocenters. The average Bonchev–Trinajstić information content (AvgIpc) is 2.85. The maximum atomic E-state index is 11.3. The van der Waals surface area contributed by atoms with Crippen LogP contribution in [0.4, 0.5) is 11.5 Å². The van der Waals surface area contributed by atoms with E-state index in [1.165, 1.54) is 0 Å². The van der Waals surface area contributed by atoms with Crippen LogP contribution >= 0.6 is 0 Å². The molecule has 1 aromatic heterocycles. The second-order valence-electron chi connectivity index (χ2n) is 3.30. The Morgan fingerprint density at radius 3 is 3.00 bits per heavy atom. The number of nitrogens with one attached hydrogen (secondary N) is 2. The third kappa shape index (κ3) is 1.96. The Balaban J connectivity index is 2.04. The van der Waals surface area contributed by atoms with Gasteiger partial charge in [-0.3, -0.25) is 0 Å². The van der Waals surface area contributed by atoms with E-state index in [1.54, 1.807) is 18.3 Å². The van der Waals surface area contributed by atoms with Crippen LogP contribution in [0.25, 0.3) is 0 Å². The molecular weight excluding hydrogens is 166 g/mol. The molecule has 0 radical (unpaired) electrons. The molecule has 0 spiro atoms. The number of rotatable bonds is 2. The van der Waals surface area contributed by atoms with Gasteiger partial charge in [0.15, 0.2) is 0 Å². The van der Waals surface area contributed by atoms with Crippen LogP contribution < -0.4 is 16.0 Å². The van der Waals surface area contributed by atoms with Gasteiger partial charge in [0.05, 0.1) is 18.2 Å². The maximum Gasteiger partial charge on any atom is 0.310 e. The third-order valence-corrected chi connectivity index (χ3v) is 2.03. The van der Waals surface area contributed by atoms with E-state index in [1.807, 2.05) is 0 Å². The fraction of sp³-hybridized carbons (Fsp3) is 0.333. The first-order valence-electron chi connectivity index (χ1n) is 4.34. The zero-order valence-electron chi connectivity index (χ0n) is 7.21. The summed E-state index contributed by atoms with van der Waals surface area (Å²) in [5, 5.41) is 2.77. The standard InChI is InChI=1S/C9H11N3O/c10-7-3-4-11-8(5-7)12-9(13)6-1-2-6/h3-6H,1-2H2,(H3,10,11,12,13)/p+1. The molecule has 0 unspecified atom stereocenters. The number of amides is 1. The van der Waals surface area contributed by atoms with Gasteiger partial charge in [0, 0.05) is 11.8 Å². The number of nitrogens with two attached hydrogens (primary N) is 1. The van der Waals surface area contributed by atoms with E-state index in [0.717, 1.165) is 12.8 Å². The lowest BCUT2D eigenvalue weighted by Gasteiger charge is -1.95. The van der Waals surface area contributed by atoms with E-state index < -0.39 is 0 Å². The van der Waals surface area contributed by atoms with Crippen molar-refractivity contribution in [1.82, 2.24) is 0 Å². The number of pyridine rings is 1. The summed E-state index contributed by atoms with van der Waals surface area (Å²) in [6, 6.07) is 3.45. The summed E-state index contributed by atoms with van der Waals surface area (Å²) in [6.45, 7) is 0. The Morgan fingerprint density at radius 2 is 2.38 bits per heavy atom. The van der Waals surface area contributed by atoms with Crippen LogP contribution in [0.5, 0.6) is 0 Å². The average molecular weight is 178 g/mol. The van der Waals surface area contributed by atoms with Crippen LogP contribution in [0.15, 0.2) is 18.3 Å². The molecule has 1 aliphatic rings. The van der Waals surface area contributed by atoms with Gasteiger partial charge in [0.1, 0.15) is 0 Å². The molecular formula is C9H12N3O+. The van der Waals surface area contributed by atoms with Gasteiger partial charge in [0.2, 0.25) is 0 Å². The lowest BCUT2D eigenvalue weighted by molar-refractivity contribution is -0.360. The second kappa shape index (κ2) is 3.05. The first-order valence-corrected chi connectivity index (χ1v) is 4.34. The van der Waals surface area contributed by atoms with Gasteiger partial charge in [-0.15, -0.1) is 0 Å². The quantitative estimate of drug-likeness (QED) is 0.689. The Kier molecular flexibility index (Phi) is 1.88. The summed E-state index contributed by atoms with van der Waals surface area (Å²) in [4.78, 5) is 14.2. The fourth-order valence-electron chi connectivity index (χ4n) is 1.14. The van der Waals surface area contributed by atoms with Crippen molar-refractivity contribution in [3.63, 3.8) is 0 Å². The molecule has 4 N–H and O–H groups in total. The Bertz CT molecular complexity index is 333. The lowest BCUT2D eigenvalue weighted by Crippen LogP contribution is -2.20. The normalized spacial score (nSPS) is 15.4. The number of H-pyrrole nitrogens is 1. The minimum absolute atomic E-state index is 0.0850. The van der Waals surface area contributed by atoms with Crippen LogP contribution in [0.1, 0.15) is 12.8 Å². The summed E-state index contributed by atoms with van der Waals surface area (Å²) in [6.07, 6.45) is 3.72. The highest BCUT2D eigenvalue weighted by Crippen LogP contribution is 2.29. The number of nitrogen functional groups attached to an aromatic ring is 1. The van der Waals surface area contributed by atoms with Crippen LogP contribution in [0.3, 0.4) is 0 Å². The van der Waals surface area contributed by atoms with E-state index in [2.05, 4.69) is 10.3 Å². The van der Waals surface area contributed by atoms with E-state index >= 15 is 0 Å². The number of carbonyl (C=O) groups is 1. The molecule has 0 aliphatic heterocycles. The predicted octanol–water partition coefficient (Wildman–Crippen LogP) is 0.431. The van der Waals surface area contributed by atoms with Crippen molar-refractivity contribution < 1.29 is 9.78 Å². The van der Waals surface area contributed by atoms with Crippen LogP contribution in [-0.4, -0.2) is 5.91 Å². The van der Waals surface area contributed by atoms with Crippen molar-refractivity contribution in [1.29, 1.82) is 0 Å². The zero-order chi connectivity index (χ0) is 9.26. The summed E-state index contributed by atoms with van der Waals surface area (Å²) in [5.41, 5.74) is 6.20. The third-order valence-electron chi connectivity index (χ3n) is 2.03. The molecule has 0 saturated heterocycles. The fourth-order valence-corrected chi connectivity index (χ4v) is 1.14. The van der Waals surface area contributed by atoms with Crippen molar-refractivity contribution in [2.24, 2.45) is 5.92 Å². The van der Waals surface area contributed by atoms with Gasteiger partial charge in [-0.1, -0.05) is 0 Å². The number of hydrogen-bond donors (Lipinski definition) is 2. The topological polar surface area (TPSA) is 69.3 Å². The Labute approximate surface area is 76.2 Å². The number of hydrogen-bond acceptors (Lipinski definition) is 2. The molecule has 1 amide bonds. The van der Waals surface area contributed by atoms with Crippen molar-refractivity contribution in [3.05, 3.63) is 18.3 Å². The van der Waals surface area contributed by atoms with Crippen molar-refractivity contribution in [2.45, 2.75) is 12.8 Å². The molecule has 4 nitrogen and oxygen atoms in total. The Hall–Kier alpha value is -1.58. The zero-order valence-corrected chi connectivity index (χ0v) is 7.21. The molecule has 68 valence electrons. The number of anilines is 2. The van der Waals surface area contributed by atoms with E-state index in [0.29, 0.717) is 11.5 Å². The van der Waals surface area contributed by atoms with Crippen LogP contribution in [-0.2, 0) is 4.79 Å². The Morgan fingerprint density at radius 1 is 1.62 bits per heavy atom. The van der Waals surface area contributed by atoms with E-state index in [4.69, 9.17) is 5.73 Å².